The Morgan fingerprint density at radius 2 is 1.86 bits per heavy atom. The zero-order valence-electron chi connectivity index (χ0n) is 12.4. The molecule has 1 fully saturated rings. The number of methoxy groups -OCH3 is 1. The fraction of sp³-hybridized carbons (Fsp3) is 0.188. The predicted octanol–water partition coefficient (Wildman–Crippen LogP) is 2.63. The third-order valence-electron chi connectivity index (χ3n) is 3.22. The first-order valence-electron chi connectivity index (χ1n) is 6.48. The second-order valence-corrected chi connectivity index (χ2v) is 4.64. The number of benzene rings is 2. The summed E-state index contributed by atoms with van der Waals surface area (Å²) in [5.41, 5.74) is 0.758. The molecule has 5 nitrogen and oxygen atoms in total. The van der Waals surface area contributed by atoms with Crippen molar-refractivity contribution in [3.8, 4) is 17.2 Å². The molecule has 2 unspecified atom stereocenters. The fourth-order valence-corrected chi connectivity index (χ4v) is 2.12. The molecular formula is C16H14NaO5. The molecule has 1 heterocycles. The second kappa shape index (κ2) is 7.15. The van der Waals surface area contributed by atoms with E-state index < -0.39 is 18.2 Å². The molecule has 1 aliphatic rings. The van der Waals surface area contributed by atoms with Crippen LogP contribution in [0.4, 0.5) is 0 Å². The van der Waals surface area contributed by atoms with Crippen LogP contribution in [0.3, 0.4) is 0 Å². The van der Waals surface area contributed by atoms with Crippen molar-refractivity contribution in [1.82, 2.24) is 0 Å². The summed E-state index contributed by atoms with van der Waals surface area (Å²) in [6.07, 6.45) is -1.20. The van der Waals surface area contributed by atoms with Crippen LogP contribution in [-0.2, 0) is 9.53 Å². The number of carboxylic acid groups (broad SMARTS) is 1. The van der Waals surface area contributed by atoms with Crippen LogP contribution in [0, 0.1) is 0 Å². The largest absolute Gasteiger partial charge is 0.493 e. The van der Waals surface area contributed by atoms with Gasteiger partial charge in [0.1, 0.15) is 11.9 Å². The van der Waals surface area contributed by atoms with Crippen molar-refractivity contribution in [2.24, 2.45) is 0 Å². The van der Waals surface area contributed by atoms with Gasteiger partial charge in [-0.3, -0.25) is 0 Å². The molecule has 1 radical (unpaired) electrons. The van der Waals surface area contributed by atoms with E-state index in [-0.39, 0.29) is 29.6 Å². The van der Waals surface area contributed by atoms with Gasteiger partial charge in [-0.2, -0.15) is 0 Å². The quantitative estimate of drug-likeness (QED) is 0.679. The van der Waals surface area contributed by atoms with Crippen molar-refractivity contribution in [2.45, 2.75) is 12.2 Å². The van der Waals surface area contributed by atoms with Gasteiger partial charge in [-0.1, -0.05) is 24.3 Å². The topological polar surface area (TPSA) is 68.3 Å². The Hall–Kier alpha value is -1.53. The zero-order valence-corrected chi connectivity index (χ0v) is 14.4. The predicted molar refractivity (Wildman–Crippen MR) is 80.5 cm³/mol. The van der Waals surface area contributed by atoms with Gasteiger partial charge < -0.3 is 19.3 Å². The molecule has 2 atom stereocenters. The van der Waals surface area contributed by atoms with E-state index in [4.69, 9.17) is 19.3 Å². The van der Waals surface area contributed by atoms with Crippen molar-refractivity contribution in [1.29, 1.82) is 0 Å². The van der Waals surface area contributed by atoms with Gasteiger partial charge in [0.25, 0.3) is 0 Å². The molecule has 1 aliphatic heterocycles. The number of carboxylic acids is 1. The molecule has 6 heteroatoms. The molecular weight excluding hydrogens is 295 g/mol. The Morgan fingerprint density at radius 3 is 2.45 bits per heavy atom. The average molecular weight is 309 g/mol. The third-order valence-corrected chi connectivity index (χ3v) is 3.22. The number of aliphatic carboxylic acids is 1. The molecule has 2 aromatic carbocycles. The Balaban J connectivity index is 0.00000176. The number of epoxide rings is 1. The van der Waals surface area contributed by atoms with Crippen LogP contribution in [0.5, 0.6) is 17.2 Å². The normalized spacial score (nSPS) is 19.0. The summed E-state index contributed by atoms with van der Waals surface area (Å²) < 4.78 is 16.2. The van der Waals surface area contributed by atoms with Crippen molar-refractivity contribution >= 4 is 35.5 Å². The molecule has 2 aromatic rings. The monoisotopic (exact) mass is 309 g/mol. The molecule has 3 rings (SSSR count). The minimum absolute atomic E-state index is 0. The van der Waals surface area contributed by atoms with Gasteiger partial charge in [0.2, 0.25) is 0 Å². The summed E-state index contributed by atoms with van der Waals surface area (Å²) in [5.74, 6) is 0.830. The first-order chi connectivity index (χ1) is 10.2. The van der Waals surface area contributed by atoms with E-state index in [2.05, 4.69) is 0 Å². The number of ether oxygens (including phenoxy) is 3. The number of hydrogen-bond acceptors (Lipinski definition) is 4. The molecule has 109 valence electrons. The van der Waals surface area contributed by atoms with E-state index in [0.717, 1.165) is 5.56 Å². The van der Waals surface area contributed by atoms with Crippen LogP contribution < -0.4 is 9.47 Å². The summed E-state index contributed by atoms with van der Waals surface area (Å²) >= 11 is 0. The van der Waals surface area contributed by atoms with E-state index in [1.54, 1.807) is 25.3 Å². The Morgan fingerprint density at radius 1 is 1.14 bits per heavy atom. The standard InChI is InChI=1S/C16H14O5.Na/c1-19-12-8-7-10(14-15(21-14)16(17)18)9-13(12)20-11-5-3-2-4-6-11;/h2-9,14-15H,1H3,(H,17,18);. The molecule has 0 amide bonds. The van der Waals surface area contributed by atoms with Crippen molar-refractivity contribution in [3.63, 3.8) is 0 Å². The maximum atomic E-state index is 10.9. The number of rotatable bonds is 5. The van der Waals surface area contributed by atoms with Crippen LogP contribution in [0.1, 0.15) is 11.7 Å². The van der Waals surface area contributed by atoms with Gasteiger partial charge in [0, 0.05) is 29.6 Å². The van der Waals surface area contributed by atoms with Gasteiger partial charge in [0.15, 0.2) is 17.6 Å². The molecule has 0 aliphatic carbocycles. The smallest absolute Gasteiger partial charge is 0.335 e. The van der Waals surface area contributed by atoms with Crippen LogP contribution in [0.15, 0.2) is 48.5 Å². The third kappa shape index (κ3) is 3.62. The first-order valence-corrected chi connectivity index (χ1v) is 6.48. The summed E-state index contributed by atoms with van der Waals surface area (Å²) in [6, 6.07) is 14.6. The summed E-state index contributed by atoms with van der Waals surface area (Å²) in [5, 5.41) is 8.91. The van der Waals surface area contributed by atoms with Crippen LogP contribution in [0.25, 0.3) is 0 Å². The van der Waals surface area contributed by atoms with E-state index in [1.807, 2.05) is 30.3 Å². The average Bonchev–Trinajstić information content (AvgIpc) is 3.29. The summed E-state index contributed by atoms with van der Waals surface area (Å²) in [6.45, 7) is 0. The van der Waals surface area contributed by atoms with Gasteiger partial charge >= 0.3 is 5.97 Å². The van der Waals surface area contributed by atoms with E-state index in [1.165, 1.54) is 0 Å². The van der Waals surface area contributed by atoms with Crippen molar-refractivity contribution in [3.05, 3.63) is 54.1 Å². The van der Waals surface area contributed by atoms with Crippen LogP contribution in [0.2, 0.25) is 0 Å². The van der Waals surface area contributed by atoms with Gasteiger partial charge in [-0.25, -0.2) is 4.79 Å². The molecule has 1 saturated heterocycles. The van der Waals surface area contributed by atoms with Crippen molar-refractivity contribution in [2.75, 3.05) is 7.11 Å². The minimum Gasteiger partial charge on any atom is -0.493 e. The van der Waals surface area contributed by atoms with E-state index in [9.17, 15) is 4.79 Å². The van der Waals surface area contributed by atoms with Gasteiger partial charge in [0.05, 0.1) is 7.11 Å². The molecule has 0 spiro atoms. The second-order valence-electron chi connectivity index (χ2n) is 4.64. The van der Waals surface area contributed by atoms with Crippen LogP contribution >= 0.6 is 0 Å². The van der Waals surface area contributed by atoms with Crippen LogP contribution in [-0.4, -0.2) is 53.8 Å². The SMILES string of the molecule is COc1ccc(C2OC2C(=O)O)cc1Oc1ccccc1.[Na]. The Bertz CT molecular complexity index is 659. The summed E-state index contributed by atoms with van der Waals surface area (Å²) in [7, 11) is 1.56. The molecule has 1 N–H and O–H groups in total. The number of carbonyl (C=O) groups is 1. The summed E-state index contributed by atoms with van der Waals surface area (Å²) in [4.78, 5) is 10.9. The Labute approximate surface area is 150 Å². The van der Waals surface area contributed by atoms with E-state index in [0.29, 0.717) is 17.2 Å². The fourth-order valence-electron chi connectivity index (χ4n) is 2.12. The maximum Gasteiger partial charge on any atom is 0.335 e. The van der Waals surface area contributed by atoms with Crippen molar-refractivity contribution < 1.29 is 24.1 Å². The minimum atomic E-state index is -0.957. The Kier molecular flexibility index (Phi) is 5.47. The number of hydrogen-bond donors (Lipinski definition) is 1. The first kappa shape index (κ1) is 16.8. The molecule has 0 saturated carbocycles. The number of para-hydroxylation sites is 1. The molecule has 22 heavy (non-hydrogen) atoms. The van der Waals surface area contributed by atoms with E-state index >= 15 is 0 Å². The zero-order chi connectivity index (χ0) is 14.8. The van der Waals surface area contributed by atoms with Gasteiger partial charge in [-0.15, -0.1) is 0 Å². The van der Waals surface area contributed by atoms with Gasteiger partial charge in [-0.05, 0) is 29.8 Å². The maximum absolute atomic E-state index is 10.9. The molecule has 0 aromatic heterocycles. The molecule has 0 bridgehead atoms.